The van der Waals surface area contributed by atoms with Gasteiger partial charge in [-0.25, -0.2) is 0 Å². The van der Waals surface area contributed by atoms with E-state index in [2.05, 4.69) is 53.0 Å². The van der Waals surface area contributed by atoms with E-state index in [0.717, 1.165) is 51.3 Å². The number of likely N-dealkylation sites (tertiary alicyclic amines) is 1. The second kappa shape index (κ2) is 7.16. The van der Waals surface area contributed by atoms with Crippen LogP contribution in [-0.4, -0.2) is 53.2 Å². The molecule has 1 spiro atoms. The van der Waals surface area contributed by atoms with Crippen molar-refractivity contribution < 1.29 is 4.74 Å². The van der Waals surface area contributed by atoms with Gasteiger partial charge in [0.05, 0.1) is 17.9 Å². The molecule has 5 heteroatoms. The summed E-state index contributed by atoms with van der Waals surface area (Å²) in [5.41, 5.74) is 1.20. The first-order chi connectivity index (χ1) is 12.1. The lowest BCUT2D eigenvalue weighted by Gasteiger charge is -2.26. The molecule has 0 aromatic carbocycles. The maximum Gasteiger partial charge on any atom is 0.0837 e. The number of pyridine rings is 1. The Kier molecular flexibility index (Phi) is 4.91. The summed E-state index contributed by atoms with van der Waals surface area (Å²) in [6.45, 7) is 7.20. The van der Waals surface area contributed by atoms with Gasteiger partial charge in [0, 0.05) is 48.2 Å². The van der Waals surface area contributed by atoms with Crippen LogP contribution in [0, 0.1) is 6.92 Å². The summed E-state index contributed by atoms with van der Waals surface area (Å²) < 4.78 is 6.35. The molecule has 0 saturated carbocycles. The maximum absolute atomic E-state index is 6.35. The maximum atomic E-state index is 6.35. The molecule has 0 radical (unpaired) electrons. The molecular weight excluding hydrogens is 330 g/mol. The van der Waals surface area contributed by atoms with Gasteiger partial charge in [0.25, 0.3) is 0 Å². The molecule has 0 N–H and O–H groups in total. The van der Waals surface area contributed by atoms with Gasteiger partial charge in [-0.2, -0.15) is 0 Å². The zero-order chi connectivity index (χ0) is 17.3. The van der Waals surface area contributed by atoms with Crippen LogP contribution in [0.25, 0.3) is 0 Å². The van der Waals surface area contributed by atoms with Gasteiger partial charge in [-0.15, -0.1) is 11.3 Å². The molecule has 2 aromatic rings. The Balaban J connectivity index is 1.32. The summed E-state index contributed by atoms with van der Waals surface area (Å²) in [5.74, 6) is 0. The Morgan fingerprint density at radius 2 is 2.28 bits per heavy atom. The molecule has 2 fully saturated rings. The third kappa shape index (κ3) is 3.95. The largest absolute Gasteiger partial charge is 0.372 e. The lowest BCUT2D eigenvalue weighted by atomic mass is 9.96. The molecule has 0 unspecified atom stereocenters. The molecule has 2 aliphatic heterocycles. The first kappa shape index (κ1) is 17.2. The molecule has 134 valence electrons. The fourth-order valence-electron chi connectivity index (χ4n) is 4.12. The predicted molar refractivity (Wildman–Crippen MR) is 102 cm³/mol. The SMILES string of the molecule is Cc1ccc(CN2CC[C@]3(C[C@@H](N(C)Cc4ccccn4)CO3)C2)s1. The number of rotatable bonds is 5. The summed E-state index contributed by atoms with van der Waals surface area (Å²) in [6.07, 6.45) is 4.17. The normalized spacial score (nSPS) is 26.9. The second-order valence-electron chi connectivity index (χ2n) is 7.56. The molecular formula is C20H27N3OS. The van der Waals surface area contributed by atoms with Crippen molar-refractivity contribution in [3.63, 3.8) is 0 Å². The van der Waals surface area contributed by atoms with Crippen LogP contribution in [0.4, 0.5) is 0 Å². The minimum atomic E-state index is 0.0648. The van der Waals surface area contributed by atoms with Crippen molar-refractivity contribution in [3.05, 3.63) is 52.0 Å². The quantitative estimate of drug-likeness (QED) is 0.821. The first-order valence-corrected chi connectivity index (χ1v) is 9.95. The Labute approximate surface area is 154 Å². The summed E-state index contributed by atoms with van der Waals surface area (Å²) in [5, 5.41) is 0. The Morgan fingerprint density at radius 1 is 1.36 bits per heavy atom. The molecule has 0 aliphatic carbocycles. The molecule has 2 atom stereocenters. The number of ether oxygens (including phenoxy) is 1. The monoisotopic (exact) mass is 357 g/mol. The van der Waals surface area contributed by atoms with Crippen molar-refractivity contribution in [1.82, 2.24) is 14.8 Å². The number of likely N-dealkylation sites (N-methyl/N-ethyl adjacent to an activating group) is 1. The van der Waals surface area contributed by atoms with E-state index in [-0.39, 0.29) is 5.60 Å². The Hall–Kier alpha value is -1.27. The fourth-order valence-corrected chi connectivity index (χ4v) is 5.05. The van der Waals surface area contributed by atoms with Crippen molar-refractivity contribution >= 4 is 11.3 Å². The average molecular weight is 358 g/mol. The third-order valence-corrected chi connectivity index (χ3v) is 6.51. The van der Waals surface area contributed by atoms with Gasteiger partial charge in [-0.05, 0) is 51.1 Å². The van der Waals surface area contributed by atoms with Gasteiger partial charge >= 0.3 is 0 Å². The highest BCUT2D eigenvalue weighted by Crippen LogP contribution is 2.37. The van der Waals surface area contributed by atoms with Crippen molar-refractivity contribution in [3.8, 4) is 0 Å². The zero-order valence-electron chi connectivity index (χ0n) is 15.1. The molecule has 2 aromatic heterocycles. The van der Waals surface area contributed by atoms with Crippen LogP contribution in [0.2, 0.25) is 0 Å². The minimum Gasteiger partial charge on any atom is -0.372 e. The van der Waals surface area contributed by atoms with Gasteiger partial charge in [-0.1, -0.05) is 6.07 Å². The summed E-state index contributed by atoms with van der Waals surface area (Å²) in [6, 6.07) is 11.1. The summed E-state index contributed by atoms with van der Waals surface area (Å²) in [4.78, 5) is 12.3. The van der Waals surface area contributed by atoms with Gasteiger partial charge in [-0.3, -0.25) is 14.8 Å². The first-order valence-electron chi connectivity index (χ1n) is 9.14. The van der Waals surface area contributed by atoms with E-state index in [0.29, 0.717) is 6.04 Å². The standard InChI is InChI=1S/C20H27N3OS/c1-16-6-7-19(25-16)13-23-10-8-20(15-23)11-18(14-24-20)22(2)12-17-5-3-4-9-21-17/h3-7,9,18H,8,10-15H2,1-2H3/t18-,20+/m1/s1. The van der Waals surface area contributed by atoms with Crippen LogP contribution in [0.5, 0.6) is 0 Å². The molecule has 25 heavy (non-hydrogen) atoms. The van der Waals surface area contributed by atoms with E-state index in [1.807, 2.05) is 23.6 Å². The lowest BCUT2D eigenvalue weighted by Crippen LogP contribution is -2.36. The number of hydrogen-bond acceptors (Lipinski definition) is 5. The molecule has 2 saturated heterocycles. The van der Waals surface area contributed by atoms with Crippen LogP contribution in [0.15, 0.2) is 36.5 Å². The number of nitrogens with zero attached hydrogens (tertiary/aromatic N) is 3. The summed E-state index contributed by atoms with van der Waals surface area (Å²) >= 11 is 1.91. The third-order valence-electron chi connectivity index (χ3n) is 5.52. The van der Waals surface area contributed by atoms with Crippen LogP contribution >= 0.6 is 11.3 Å². The van der Waals surface area contributed by atoms with E-state index in [4.69, 9.17) is 4.74 Å². The van der Waals surface area contributed by atoms with Crippen LogP contribution < -0.4 is 0 Å². The number of hydrogen-bond donors (Lipinski definition) is 0. The van der Waals surface area contributed by atoms with E-state index < -0.39 is 0 Å². The van der Waals surface area contributed by atoms with Crippen molar-refractivity contribution in [2.24, 2.45) is 0 Å². The van der Waals surface area contributed by atoms with E-state index >= 15 is 0 Å². The van der Waals surface area contributed by atoms with Crippen molar-refractivity contribution in [2.75, 3.05) is 26.7 Å². The van der Waals surface area contributed by atoms with Crippen LogP contribution in [0.1, 0.15) is 28.3 Å². The Bertz CT molecular complexity index is 704. The molecule has 0 amide bonds. The molecule has 4 nitrogen and oxygen atoms in total. The molecule has 4 heterocycles. The highest BCUT2D eigenvalue weighted by Gasteiger charge is 2.46. The number of aryl methyl sites for hydroxylation is 1. The summed E-state index contributed by atoms with van der Waals surface area (Å²) in [7, 11) is 2.20. The number of thiophene rings is 1. The van der Waals surface area contributed by atoms with Crippen molar-refractivity contribution in [1.29, 1.82) is 0 Å². The van der Waals surface area contributed by atoms with Crippen molar-refractivity contribution in [2.45, 2.75) is 44.5 Å². The Morgan fingerprint density at radius 3 is 3.04 bits per heavy atom. The lowest BCUT2D eigenvalue weighted by molar-refractivity contribution is 0.0103. The zero-order valence-corrected chi connectivity index (χ0v) is 16.0. The van der Waals surface area contributed by atoms with Gasteiger partial charge in [0.15, 0.2) is 0 Å². The van der Waals surface area contributed by atoms with E-state index in [9.17, 15) is 0 Å². The smallest absolute Gasteiger partial charge is 0.0837 e. The second-order valence-corrected chi connectivity index (χ2v) is 8.93. The topological polar surface area (TPSA) is 28.6 Å². The molecule has 0 bridgehead atoms. The van der Waals surface area contributed by atoms with E-state index in [1.165, 1.54) is 9.75 Å². The van der Waals surface area contributed by atoms with Gasteiger partial charge in [0.1, 0.15) is 0 Å². The minimum absolute atomic E-state index is 0.0648. The van der Waals surface area contributed by atoms with Crippen LogP contribution in [-0.2, 0) is 17.8 Å². The van der Waals surface area contributed by atoms with Gasteiger partial charge in [0.2, 0.25) is 0 Å². The van der Waals surface area contributed by atoms with Gasteiger partial charge < -0.3 is 4.74 Å². The highest BCUT2D eigenvalue weighted by atomic mass is 32.1. The molecule has 2 aliphatic rings. The predicted octanol–water partition coefficient (Wildman–Crippen LogP) is 3.32. The highest BCUT2D eigenvalue weighted by molar-refractivity contribution is 7.11. The average Bonchev–Trinajstić information content (AvgIpc) is 3.31. The molecule has 4 rings (SSSR count). The number of aromatic nitrogens is 1. The van der Waals surface area contributed by atoms with E-state index in [1.54, 1.807) is 0 Å². The fraction of sp³-hybridized carbons (Fsp3) is 0.550. The van der Waals surface area contributed by atoms with Crippen LogP contribution in [0.3, 0.4) is 0 Å².